The lowest BCUT2D eigenvalue weighted by Crippen LogP contribution is -2.47. The summed E-state index contributed by atoms with van der Waals surface area (Å²) in [6, 6.07) is 5.62. The van der Waals surface area contributed by atoms with Gasteiger partial charge in [0.1, 0.15) is 12.6 Å². The van der Waals surface area contributed by atoms with Crippen molar-refractivity contribution in [1.29, 1.82) is 0 Å². The number of aliphatic hydroxyl groups is 1. The number of nitrogens with zero attached hydrogens (tertiary/aromatic N) is 3. The Kier molecular flexibility index (Phi) is 6.77. The number of esters is 1. The van der Waals surface area contributed by atoms with Crippen molar-refractivity contribution in [3.63, 3.8) is 0 Å². The largest absolute Gasteiger partial charge is 0.458 e. The number of carbonyl (C=O) groups excluding carboxylic acids is 3. The van der Waals surface area contributed by atoms with Crippen LogP contribution in [0.3, 0.4) is 0 Å². The van der Waals surface area contributed by atoms with E-state index in [0.29, 0.717) is 22.6 Å². The van der Waals surface area contributed by atoms with Gasteiger partial charge in [-0.3, -0.25) is 14.4 Å². The van der Waals surface area contributed by atoms with Crippen LogP contribution < -0.4 is 26.8 Å². The highest BCUT2D eigenvalue weighted by Crippen LogP contribution is 2.44. The third-order valence-corrected chi connectivity index (χ3v) is 8.51. The molecule has 2 amide bonds. The smallest absolute Gasteiger partial charge is 0.343 e. The summed E-state index contributed by atoms with van der Waals surface area (Å²) in [6.45, 7) is 6.58. The predicted octanol–water partition coefficient (Wildman–Crippen LogP) is 1.47. The van der Waals surface area contributed by atoms with Crippen LogP contribution in [-0.4, -0.2) is 57.6 Å². The molecule has 1 aromatic carbocycles. The van der Waals surface area contributed by atoms with Gasteiger partial charge in [0.15, 0.2) is 5.60 Å². The fraction of sp³-hybridized carbons (Fsp3) is 0.433. The van der Waals surface area contributed by atoms with E-state index in [1.165, 1.54) is 0 Å². The molecule has 3 atom stereocenters. The molecule has 1 fully saturated rings. The summed E-state index contributed by atoms with van der Waals surface area (Å²) in [5, 5.41) is 17.5. The Bertz CT molecular complexity index is 1710. The highest BCUT2D eigenvalue weighted by atomic mass is 16.6. The summed E-state index contributed by atoms with van der Waals surface area (Å²) in [7, 11) is 0. The monoisotopic (exact) mass is 574 g/mol. The molecule has 2 aromatic heterocycles. The minimum atomic E-state index is -1.90. The summed E-state index contributed by atoms with van der Waals surface area (Å²) in [5.41, 5.74) is 8.17. The summed E-state index contributed by atoms with van der Waals surface area (Å²) >= 11 is 0. The van der Waals surface area contributed by atoms with Gasteiger partial charge in [-0.25, -0.2) is 9.78 Å². The number of anilines is 2. The Morgan fingerprint density at radius 2 is 1.88 bits per heavy atom. The average Bonchev–Trinajstić information content (AvgIpc) is 3.62. The standard InChI is InChI=1S/C30H34N6O6/c1-4-30(41)21-12-23-24-19(13-36(23)28(39)20(21)14-42-29(30)40)25(35-9-5-6-10-35)18-11-17(7-8-22(18)34-24)33-27(38)16(3)32-26(37)15(2)31/h7-8,11-12,15-16,41H,4-6,9-10,13-14,31H2,1-3H3,(H,32,37)(H,33,38)/t15-,16-,30-/m0/s1. The van der Waals surface area contributed by atoms with E-state index < -0.39 is 29.6 Å². The minimum Gasteiger partial charge on any atom is -0.458 e. The molecule has 0 unspecified atom stereocenters. The molecular weight excluding hydrogens is 540 g/mol. The van der Waals surface area contributed by atoms with E-state index >= 15 is 0 Å². The number of nitrogens with two attached hydrogens (primary N) is 1. The van der Waals surface area contributed by atoms with Gasteiger partial charge in [0.05, 0.1) is 40.7 Å². The molecule has 0 spiro atoms. The number of pyridine rings is 2. The van der Waals surface area contributed by atoms with Crippen molar-refractivity contribution in [3.05, 3.63) is 51.3 Å². The maximum atomic E-state index is 13.7. The molecule has 3 aliphatic rings. The molecule has 0 radical (unpaired) electrons. The normalized spacial score (nSPS) is 20.4. The second-order valence-corrected chi connectivity index (χ2v) is 11.3. The molecule has 12 nitrogen and oxygen atoms in total. The Morgan fingerprint density at radius 3 is 2.57 bits per heavy atom. The van der Waals surface area contributed by atoms with Crippen LogP contribution in [0.4, 0.5) is 11.4 Å². The van der Waals surface area contributed by atoms with Gasteiger partial charge in [-0.2, -0.15) is 0 Å². The van der Waals surface area contributed by atoms with E-state index in [1.54, 1.807) is 37.5 Å². The minimum absolute atomic E-state index is 0.0702. The van der Waals surface area contributed by atoms with Crippen LogP contribution in [0.15, 0.2) is 29.1 Å². The lowest BCUT2D eigenvalue weighted by molar-refractivity contribution is -0.172. The first-order chi connectivity index (χ1) is 20.0. The Labute approximate surface area is 241 Å². The zero-order valence-electron chi connectivity index (χ0n) is 23.8. The van der Waals surface area contributed by atoms with E-state index in [-0.39, 0.29) is 42.2 Å². The average molecular weight is 575 g/mol. The molecule has 42 heavy (non-hydrogen) atoms. The maximum absolute atomic E-state index is 13.7. The topological polar surface area (TPSA) is 169 Å². The molecule has 12 heteroatoms. The van der Waals surface area contributed by atoms with Crippen LogP contribution in [0.25, 0.3) is 22.3 Å². The number of hydrogen-bond acceptors (Lipinski definition) is 9. The van der Waals surface area contributed by atoms with Crippen LogP contribution >= 0.6 is 0 Å². The zero-order chi connectivity index (χ0) is 29.9. The van der Waals surface area contributed by atoms with E-state index in [2.05, 4.69) is 15.5 Å². The summed E-state index contributed by atoms with van der Waals surface area (Å²) in [6.07, 6.45) is 2.12. The second-order valence-electron chi connectivity index (χ2n) is 11.3. The lowest BCUT2D eigenvalue weighted by atomic mass is 9.86. The highest BCUT2D eigenvalue weighted by molar-refractivity contribution is 6.03. The number of benzene rings is 1. The molecule has 0 saturated carbocycles. The summed E-state index contributed by atoms with van der Waals surface area (Å²) in [4.78, 5) is 58.3. The van der Waals surface area contributed by atoms with Crippen LogP contribution in [0.2, 0.25) is 0 Å². The van der Waals surface area contributed by atoms with Gasteiger partial charge in [-0.15, -0.1) is 0 Å². The summed E-state index contributed by atoms with van der Waals surface area (Å²) < 4.78 is 6.84. The van der Waals surface area contributed by atoms with Crippen molar-refractivity contribution in [1.82, 2.24) is 14.9 Å². The van der Waals surface area contributed by atoms with Crippen LogP contribution in [0, 0.1) is 0 Å². The van der Waals surface area contributed by atoms with Gasteiger partial charge in [0, 0.05) is 35.3 Å². The number of carbonyl (C=O) groups is 3. The zero-order valence-corrected chi connectivity index (χ0v) is 23.8. The Balaban J connectivity index is 1.45. The fourth-order valence-corrected chi connectivity index (χ4v) is 6.10. The number of nitrogens with one attached hydrogen (secondary N) is 2. The van der Waals surface area contributed by atoms with Crippen molar-refractivity contribution in [2.75, 3.05) is 23.3 Å². The maximum Gasteiger partial charge on any atom is 0.343 e. The van der Waals surface area contributed by atoms with Gasteiger partial charge >= 0.3 is 5.97 Å². The third-order valence-electron chi connectivity index (χ3n) is 8.51. The first-order valence-corrected chi connectivity index (χ1v) is 14.3. The molecule has 0 bridgehead atoms. The van der Waals surface area contributed by atoms with Crippen molar-refractivity contribution >= 4 is 40.1 Å². The molecule has 0 aliphatic carbocycles. The Hall–Kier alpha value is -4.29. The van der Waals surface area contributed by atoms with Crippen LogP contribution in [0.5, 0.6) is 0 Å². The fourth-order valence-electron chi connectivity index (χ4n) is 6.10. The third kappa shape index (κ3) is 4.33. The number of rotatable bonds is 6. The van der Waals surface area contributed by atoms with Crippen LogP contribution in [0.1, 0.15) is 56.7 Å². The lowest BCUT2D eigenvalue weighted by Gasteiger charge is -2.31. The first kappa shape index (κ1) is 27.9. The number of amides is 2. The van der Waals surface area contributed by atoms with E-state index in [4.69, 9.17) is 15.5 Å². The van der Waals surface area contributed by atoms with E-state index in [9.17, 15) is 24.3 Å². The molecule has 3 aromatic rings. The molecule has 3 aliphatic heterocycles. The molecule has 220 valence electrons. The second kappa shape index (κ2) is 10.2. The van der Waals surface area contributed by atoms with Crippen molar-refractivity contribution in [3.8, 4) is 11.4 Å². The summed E-state index contributed by atoms with van der Waals surface area (Å²) in [5.74, 6) is -1.56. The van der Waals surface area contributed by atoms with Gasteiger partial charge in [0.25, 0.3) is 5.56 Å². The number of hydrogen-bond donors (Lipinski definition) is 4. The van der Waals surface area contributed by atoms with E-state index in [0.717, 1.165) is 42.6 Å². The van der Waals surface area contributed by atoms with Crippen LogP contribution in [-0.2, 0) is 37.9 Å². The molecule has 6 rings (SSSR count). The van der Waals surface area contributed by atoms with Crippen molar-refractivity contribution in [2.24, 2.45) is 5.73 Å². The van der Waals surface area contributed by atoms with Crippen molar-refractivity contribution < 1.29 is 24.2 Å². The first-order valence-electron chi connectivity index (χ1n) is 14.3. The number of cyclic esters (lactones) is 1. The predicted molar refractivity (Wildman–Crippen MR) is 156 cm³/mol. The SMILES string of the molecule is CC[C@@]1(O)C(=O)OCc2c1cc1n(c2=O)Cc2c-1nc1ccc(NC(=O)[C@H](C)NC(=O)[C@H](C)N)cc1c2N1CCCC1. The van der Waals surface area contributed by atoms with Gasteiger partial charge < -0.3 is 35.7 Å². The van der Waals surface area contributed by atoms with Gasteiger partial charge in [-0.1, -0.05) is 6.92 Å². The molecule has 5 heterocycles. The highest BCUT2D eigenvalue weighted by Gasteiger charge is 2.45. The quantitative estimate of drug-likeness (QED) is 0.249. The molecule has 1 saturated heterocycles. The van der Waals surface area contributed by atoms with Gasteiger partial charge in [0.2, 0.25) is 11.8 Å². The van der Waals surface area contributed by atoms with Gasteiger partial charge in [-0.05, 0) is 57.4 Å². The number of fused-ring (bicyclic) bond motifs is 5. The molecular formula is C30H34N6O6. The van der Waals surface area contributed by atoms with E-state index in [1.807, 2.05) is 12.1 Å². The number of aromatic nitrogens is 2. The number of ether oxygens (including phenoxy) is 1. The van der Waals surface area contributed by atoms with Crippen molar-refractivity contribution in [2.45, 2.75) is 70.9 Å². The Morgan fingerprint density at radius 1 is 1.14 bits per heavy atom. The molecule has 5 N–H and O–H groups in total.